The zero-order valence-electron chi connectivity index (χ0n) is 13.4. The topological polar surface area (TPSA) is 46.2 Å². The predicted molar refractivity (Wildman–Crippen MR) is 99.7 cm³/mol. The summed E-state index contributed by atoms with van der Waals surface area (Å²) in [5.41, 5.74) is 0.940. The van der Waals surface area contributed by atoms with Crippen molar-refractivity contribution < 1.29 is 9.59 Å². The van der Waals surface area contributed by atoms with Gasteiger partial charge in [0.05, 0.1) is 11.1 Å². The molecule has 0 bridgehead atoms. The number of carbonyl (C=O) groups excluding carboxylic acids is 2. The Balaban J connectivity index is 0.000000129. The minimum atomic E-state index is -0.300. The predicted octanol–water partition coefficient (Wildman–Crippen LogP) is 4.56. The first kappa shape index (κ1) is 15.1. The molecule has 0 aliphatic carbocycles. The normalized spacial score (nSPS) is 12.5. The molecule has 0 atom stereocenters. The third-order valence-electron chi connectivity index (χ3n) is 4.26. The SMILES string of the molecule is O=C1NC(=O)c2ccccc21.c1ccc2cc3ccccc3cc2c1. The van der Waals surface area contributed by atoms with Gasteiger partial charge >= 0.3 is 0 Å². The summed E-state index contributed by atoms with van der Waals surface area (Å²) in [6.45, 7) is 0. The van der Waals surface area contributed by atoms with E-state index in [2.05, 4.69) is 66.0 Å². The Morgan fingerprint density at radius 2 is 0.800 bits per heavy atom. The van der Waals surface area contributed by atoms with Crippen LogP contribution in [0.25, 0.3) is 21.5 Å². The minimum absolute atomic E-state index is 0.300. The summed E-state index contributed by atoms with van der Waals surface area (Å²) in [6.07, 6.45) is 0. The maximum Gasteiger partial charge on any atom is 0.258 e. The zero-order chi connectivity index (χ0) is 17.2. The highest BCUT2D eigenvalue weighted by Gasteiger charge is 2.25. The second kappa shape index (κ2) is 6.21. The minimum Gasteiger partial charge on any atom is -0.288 e. The molecule has 4 aromatic rings. The Morgan fingerprint density at radius 1 is 0.480 bits per heavy atom. The fourth-order valence-corrected chi connectivity index (χ4v) is 3.00. The average molecular weight is 325 g/mol. The summed E-state index contributed by atoms with van der Waals surface area (Å²) in [7, 11) is 0. The Hall–Kier alpha value is -3.46. The van der Waals surface area contributed by atoms with E-state index in [1.807, 2.05) is 0 Å². The highest BCUT2D eigenvalue weighted by molar-refractivity contribution is 6.21. The van der Waals surface area contributed by atoms with Crippen LogP contribution >= 0.6 is 0 Å². The third kappa shape index (κ3) is 2.88. The lowest BCUT2D eigenvalue weighted by molar-refractivity contribution is 0.0879. The van der Waals surface area contributed by atoms with Gasteiger partial charge in [0.1, 0.15) is 0 Å². The van der Waals surface area contributed by atoms with E-state index in [9.17, 15) is 9.59 Å². The monoisotopic (exact) mass is 325 g/mol. The van der Waals surface area contributed by atoms with Gasteiger partial charge < -0.3 is 0 Å². The maximum absolute atomic E-state index is 10.9. The second-order valence-electron chi connectivity index (χ2n) is 5.88. The molecule has 1 N–H and O–H groups in total. The summed E-state index contributed by atoms with van der Waals surface area (Å²) in [5, 5.41) is 7.45. The van der Waals surface area contributed by atoms with Crippen molar-refractivity contribution in [3.8, 4) is 0 Å². The van der Waals surface area contributed by atoms with Crippen molar-refractivity contribution in [1.82, 2.24) is 5.32 Å². The molecule has 25 heavy (non-hydrogen) atoms. The number of nitrogens with one attached hydrogen (secondary N) is 1. The Bertz CT molecular complexity index is 977. The number of hydrogen-bond acceptors (Lipinski definition) is 2. The van der Waals surface area contributed by atoms with Crippen molar-refractivity contribution in [3.63, 3.8) is 0 Å². The molecule has 0 radical (unpaired) electrons. The van der Waals surface area contributed by atoms with Gasteiger partial charge in [-0.2, -0.15) is 0 Å². The Labute approximate surface area is 144 Å². The van der Waals surface area contributed by atoms with E-state index in [1.165, 1.54) is 21.5 Å². The van der Waals surface area contributed by atoms with Crippen LogP contribution in [-0.4, -0.2) is 11.8 Å². The summed E-state index contributed by atoms with van der Waals surface area (Å²) < 4.78 is 0. The first-order valence-corrected chi connectivity index (χ1v) is 8.04. The van der Waals surface area contributed by atoms with Crippen molar-refractivity contribution in [3.05, 3.63) is 96.1 Å². The summed E-state index contributed by atoms with van der Waals surface area (Å²) in [5.74, 6) is -0.601. The van der Waals surface area contributed by atoms with Crippen LogP contribution in [-0.2, 0) is 0 Å². The van der Waals surface area contributed by atoms with Gasteiger partial charge in [-0.25, -0.2) is 0 Å². The molecule has 3 heteroatoms. The highest BCUT2D eigenvalue weighted by Crippen LogP contribution is 2.22. The molecule has 1 aliphatic heterocycles. The molecule has 4 aromatic carbocycles. The van der Waals surface area contributed by atoms with Gasteiger partial charge in [0.2, 0.25) is 0 Å². The number of rotatable bonds is 0. The Kier molecular flexibility index (Phi) is 3.75. The van der Waals surface area contributed by atoms with Crippen LogP contribution in [0.15, 0.2) is 84.9 Å². The van der Waals surface area contributed by atoms with E-state index in [0.717, 1.165) is 0 Å². The van der Waals surface area contributed by atoms with Crippen molar-refractivity contribution in [1.29, 1.82) is 0 Å². The number of hydrogen-bond donors (Lipinski definition) is 1. The van der Waals surface area contributed by atoms with E-state index in [1.54, 1.807) is 24.3 Å². The fraction of sp³-hybridized carbons (Fsp3) is 0. The molecule has 2 amide bonds. The van der Waals surface area contributed by atoms with Crippen LogP contribution in [0.4, 0.5) is 0 Å². The van der Waals surface area contributed by atoms with Gasteiger partial charge in [-0.1, -0.05) is 60.7 Å². The quantitative estimate of drug-likeness (QED) is 0.380. The molecule has 5 rings (SSSR count). The standard InChI is InChI=1S/C14H10.C8H5NO2/c1-2-6-12-10-14-8-4-3-7-13(14)9-11(12)5-1;10-7-5-3-1-2-4-6(5)8(11)9-7/h1-10H;1-4H,(H,9,10,11). The summed E-state index contributed by atoms with van der Waals surface area (Å²) in [6, 6.07) is 28.2. The average Bonchev–Trinajstić information content (AvgIpc) is 2.95. The van der Waals surface area contributed by atoms with Gasteiger partial charge in [-0.15, -0.1) is 0 Å². The fourth-order valence-electron chi connectivity index (χ4n) is 3.00. The highest BCUT2D eigenvalue weighted by atomic mass is 16.2. The summed E-state index contributed by atoms with van der Waals surface area (Å²) >= 11 is 0. The van der Waals surface area contributed by atoms with E-state index < -0.39 is 0 Å². The van der Waals surface area contributed by atoms with Gasteiger partial charge in [-0.05, 0) is 45.8 Å². The molecule has 1 heterocycles. The number of benzene rings is 4. The first-order valence-electron chi connectivity index (χ1n) is 8.04. The molecule has 0 fully saturated rings. The molecule has 0 saturated heterocycles. The van der Waals surface area contributed by atoms with E-state index in [0.29, 0.717) is 11.1 Å². The largest absolute Gasteiger partial charge is 0.288 e. The zero-order valence-corrected chi connectivity index (χ0v) is 13.4. The van der Waals surface area contributed by atoms with E-state index in [4.69, 9.17) is 0 Å². The van der Waals surface area contributed by atoms with E-state index in [-0.39, 0.29) is 11.8 Å². The molecular weight excluding hydrogens is 310 g/mol. The molecule has 0 unspecified atom stereocenters. The number of amides is 2. The lowest BCUT2D eigenvalue weighted by Crippen LogP contribution is -2.19. The van der Waals surface area contributed by atoms with Crippen LogP contribution in [0, 0.1) is 0 Å². The second-order valence-corrected chi connectivity index (χ2v) is 5.88. The smallest absolute Gasteiger partial charge is 0.258 e. The van der Waals surface area contributed by atoms with Crippen molar-refractivity contribution in [2.75, 3.05) is 0 Å². The first-order chi connectivity index (χ1) is 12.2. The van der Waals surface area contributed by atoms with Gasteiger partial charge in [0.25, 0.3) is 11.8 Å². The van der Waals surface area contributed by atoms with E-state index >= 15 is 0 Å². The van der Waals surface area contributed by atoms with Crippen LogP contribution in [0.3, 0.4) is 0 Å². The Morgan fingerprint density at radius 3 is 1.16 bits per heavy atom. The van der Waals surface area contributed by atoms with Crippen LogP contribution in [0.5, 0.6) is 0 Å². The summed E-state index contributed by atoms with van der Waals surface area (Å²) in [4.78, 5) is 21.9. The molecule has 0 aromatic heterocycles. The number of fused-ring (bicyclic) bond motifs is 3. The molecule has 0 saturated carbocycles. The van der Waals surface area contributed by atoms with Crippen molar-refractivity contribution in [2.24, 2.45) is 0 Å². The van der Waals surface area contributed by atoms with Crippen LogP contribution in [0.2, 0.25) is 0 Å². The number of carbonyl (C=O) groups is 2. The molecular formula is C22H15NO2. The number of imide groups is 1. The van der Waals surface area contributed by atoms with Crippen LogP contribution < -0.4 is 5.32 Å². The molecule has 0 spiro atoms. The van der Waals surface area contributed by atoms with Gasteiger partial charge in [0.15, 0.2) is 0 Å². The molecule has 1 aliphatic rings. The van der Waals surface area contributed by atoms with Gasteiger partial charge in [0, 0.05) is 0 Å². The molecule has 3 nitrogen and oxygen atoms in total. The van der Waals surface area contributed by atoms with Crippen LogP contribution in [0.1, 0.15) is 20.7 Å². The van der Waals surface area contributed by atoms with Crippen molar-refractivity contribution >= 4 is 33.4 Å². The molecule has 120 valence electrons. The maximum atomic E-state index is 10.9. The van der Waals surface area contributed by atoms with Gasteiger partial charge in [-0.3, -0.25) is 14.9 Å². The lowest BCUT2D eigenvalue weighted by atomic mass is 10.0. The lowest BCUT2D eigenvalue weighted by Gasteiger charge is -2.00. The van der Waals surface area contributed by atoms with Crippen molar-refractivity contribution in [2.45, 2.75) is 0 Å². The third-order valence-corrected chi connectivity index (χ3v) is 4.26.